The van der Waals surface area contributed by atoms with Gasteiger partial charge in [0.05, 0.1) is 26.0 Å². The van der Waals surface area contributed by atoms with Gasteiger partial charge in [-0.05, 0) is 50.1 Å². The van der Waals surface area contributed by atoms with Gasteiger partial charge in [-0.3, -0.25) is 9.36 Å². The Morgan fingerprint density at radius 2 is 1.94 bits per heavy atom. The number of carbonyl (C=O) groups excluding carboxylic acids is 1. The van der Waals surface area contributed by atoms with Gasteiger partial charge in [-0.2, -0.15) is 0 Å². The van der Waals surface area contributed by atoms with Crippen LogP contribution in [0.3, 0.4) is 0 Å². The highest BCUT2D eigenvalue weighted by molar-refractivity contribution is 7.99. The molecule has 0 aliphatic carbocycles. The van der Waals surface area contributed by atoms with Crippen molar-refractivity contribution in [1.82, 2.24) is 19.7 Å². The monoisotopic (exact) mass is 438 g/mol. The third-order valence-corrected chi connectivity index (χ3v) is 6.42. The second kappa shape index (κ2) is 9.43. The zero-order valence-electron chi connectivity index (χ0n) is 17.9. The SMILES string of the molecule is COc1ccc(OC)c(C2CCCN2C(=O)CSc2nnc(C)n2-c2ccccc2)c1. The van der Waals surface area contributed by atoms with Crippen molar-refractivity contribution in [2.75, 3.05) is 26.5 Å². The van der Waals surface area contributed by atoms with E-state index in [0.29, 0.717) is 10.9 Å². The first-order valence-electron chi connectivity index (χ1n) is 10.2. The molecule has 4 rings (SSSR count). The van der Waals surface area contributed by atoms with Crippen LogP contribution in [0.1, 0.15) is 30.3 Å². The first-order chi connectivity index (χ1) is 15.1. The molecule has 8 heteroatoms. The van der Waals surface area contributed by atoms with Crippen molar-refractivity contribution < 1.29 is 14.3 Å². The zero-order chi connectivity index (χ0) is 21.8. The van der Waals surface area contributed by atoms with E-state index >= 15 is 0 Å². The standard InChI is InChI=1S/C23H26N4O3S/c1-16-24-25-23(27(16)17-8-5-4-6-9-17)31-15-22(28)26-13-7-10-20(26)19-14-18(29-2)11-12-21(19)30-3/h4-6,8-9,11-12,14,20H,7,10,13,15H2,1-3H3. The predicted molar refractivity (Wildman–Crippen MR) is 120 cm³/mol. The fourth-order valence-corrected chi connectivity index (χ4v) is 4.89. The van der Waals surface area contributed by atoms with E-state index in [0.717, 1.165) is 48.0 Å². The molecule has 2 heterocycles. The van der Waals surface area contributed by atoms with Gasteiger partial charge < -0.3 is 14.4 Å². The van der Waals surface area contributed by atoms with Crippen LogP contribution in [0.4, 0.5) is 0 Å². The van der Waals surface area contributed by atoms with Gasteiger partial charge in [0.15, 0.2) is 5.16 Å². The lowest BCUT2D eigenvalue weighted by atomic mass is 10.0. The number of aromatic nitrogens is 3. The average Bonchev–Trinajstić information content (AvgIpc) is 3.44. The third kappa shape index (κ3) is 4.39. The number of likely N-dealkylation sites (tertiary alicyclic amines) is 1. The van der Waals surface area contributed by atoms with Crippen LogP contribution in [0.2, 0.25) is 0 Å². The van der Waals surface area contributed by atoms with Gasteiger partial charge in [0, 0.05) is 17.8 Å². The lowest BCUT2D eigenvalue weighted by Crippen LogP contribution is -2.32. The summed E-state index contributed by atoms with van der Waals surface area (Å²) >= 11 is 1.41. The minimum Gasteiger partial charge on any atom is -0.497 e. The summed E-state index contributed by atoms with van der Waals surface area (Å²) in [6.07, 6.45) is 1.86. The van der Waals surface area contributed by atoms with Crippen LogP contribution in [0, 0.1) is 6.92 Å². The Morgan fingerprint density at radius 3 is 2.68 bits per heavy atom. The molecule has 1 saturated heterocycles. The summed E-state index contributed by atoms with van der Waals surface area (Å²) in [7, 11) is 3.30. The first-order valence-corrected chi connectivity index (χ1v) is 11.2. The Morgan fingerprint density at radius 1 is 1.13 bits per heavy atom. The Bertz CT molecular complexity index is 1050. The largest absolute Gasteiger partial charge is 0.497 e. The van der Waals surface area contributed by atoms with Gasteiger partial charge >= 0.3 is 0 Å². The lowest BCUT2D eigenvalue weighted by Gasteiger charge is -2.26. The summed E-state index contributed by atoms with van der Waals surface area (Å²) in [6.45, 7) is 2.65. The summed E-state index contributed by atoms with van der Waals surface area (Å²) in [6, 6.07) is 15.7. The number of thioether (sulfide) groups is 1. The molecule has 1 atom stereocenters. The second-order valence-electron chi connectivity index (χ2n) is 7.34. The minimum absolute atomic E-state index is 0.0214. The summed E-state index contributed by atoms with van der Waals surface area (Å²) in [5, 5.41) is 9.21. The Hall–Kier alpha value is -3.00. The van der Waals surface area contributed by atoms with Crippen molar-refractivity contribution in [3.8, 4) is 17.2 Å². The van der Waals surface area contributed by atoms with Crippen molar-refractivity contribution in [2.45, 2.75) is 31.0 Å². The highest BCUT2D eigenvalue weighted by Crippen LogP contribution is 2.39. The second-order valence-corrected chi connectivity index (χ2v) is 8.28. The van der Waals surface area contributed by atoms with Crippen molar-refractivity contribution in [1.29, 1.82) is 0 Å². The van der Waals surface area contributed by atoms with Gasteiger partial charge in [-0.25, -0.2) is 0 Å². The number of rotatable bonds is 7. The van der Waals surface area contributed by atoms with Crippen LogP contribution in [0.25, 0.3) is 5.69 Å². The van der Waals surface area contributed by atoms with E-state index in [1.54, 1.807) is 14.2 Å². The lowest BCUT2D eigenvalue weighted by molar-refractivity contribution is -0.129. The van der Waals surface area contributed by atoms with Crippen LogP contribution in [-0.4, -0.2) is 52.1 Å². The Labute approximate surface area is 186 Å². The Balaban J connectivity index is 1.51. The molecule has 0 spiro atoms. The molecule has 7 nitrogen and oxygen atoms in total. The normalized spacial score (nSPS) is 15.8. The maximum Gasteiger partial charge on any atom is 0.233 e. The molecule has 0 N–H and O–H groups in total. The maximum absolute atomic E-state index is 13.2. The summed E-state index contributed by atoms with van der Waals surface area (Å²) in [4.78, 5) is 15.1. The molecule has 2 aromatic carbocycles. The molecule has 0 radical (unpaired) electrons. The number of nitrogens with zero attached hydrogens (tertiary/aromatic N) is 4. The maximum atomic E-state index is 13.2. The smallest absolute Gasteiger partial charge is 0.233 e. The van der Waals surface area contributed by atoms with Crippen molar-refractivity contribution in [3.05, 3.63) is 59.9 Å². The number of para-hydroxylation sites is 1. The molecule has 1 aliphatic rings. The van der Waals surface area contributed by atoms with Crippen LogP contribution >= 0.6 is 11.8 Å². The van der Waals surface area contributed by atoms with Crippen molar-refractivity contribution in [3.63, 3.8) is 0 Å². The van der Waals surface area contributed by atoms with Crippen molar-refractivity contribution >= 4 is 17.7 Å². The van der Waals surface area contributed by atoms with Crippen LogP contribution in [0.15, 0.2) is 53.7 Å². The first kappa shape index (κ1) is 21.2. The molecular formula is C23H26N4O3S. The number of methoxy groups -OCH3 is 2. The fraction of sp³-hybridized carbons (Fsp3) is 0.348. The summed E-state index contributed by atoms with van der Waals surface area (Å²) in [5.41, 5.74) is 1.97. The molecule has 0 bridgehead atoms. The fourth-order valence-electron chi connectivity index (χ4n) is 4.01. The number of ether oxygens (including phenoxy) is 2. The van der Waals surface area contributed by atoms with Gasteiger partial charge in [0.25, 0.3) is 0 Å². The van der Waals surface area contributed by atoms with E-state index in [4.69, 9.17) is 9.47 Å². The third-order valence-electron chi connectivity index (χ3n) is 5.50. The average molecular weight is 439 g/mol. The number of benzene rings is 2. The summed E-state index contributed by atoms with van der Waals surface area (Å²) in [5.74, 6) is 2.71. The van der Waals surface area contributed by atoms with Gasteiger partial charge in [0.1, 0.15) is 17.3 Å². The van der Waals surface area contributed by atoms with E-state index in [9.17, 15) is 4.79 Å². The number of amides is 1. The van der Waals surface area contributed by atoms with E-state index in [-0.39, 0.29) is 11.9 Å². The number of carbonyl (C=O) groups is 1. The van der Waals surface area contributed by atoms with Gasteiger partial charge in [-0.15, -0.1) is 10.2 Å². The quantitative estimate of drug-likeness (QED) is 0.519. The molecule has 1 amide bonds. The highest BCUT2D eigenvalue weighted by Gasteiger charge is 2.32. The molecule has 3 aromatic rings. The molecular weight excluding hydrogens is 412 g/mol. The molecule has 1 unspecified atom stereocenters. The highest BCUT2D eigenvalue weighted by atomic mass is 32.2. The minimum atomic E-state index is -0.0214. The van der Waals surface area contributed by atoms with E-state index in [2.05, 4.69) is 10.2 Å². The molecule has 31 heavy (non-hydrogen) atoms. The van der Waals surface area contributed by atoms with Gasteiger partial charge in [-0.1, -0.05) is 30.0 Å². The Kier molecular flexibility index (Phi) is 6.46. The molecule has 0 saturated carbocycles. The van der Waals surface area contributed by atoms with Crippen molar-refractivity contribution in [2.24, 2.45) is 0 Å². The van der Waals surface area contributed by atoms with E-state index in [1.807, 2.05) is 64.9 Å². The van der Waals surface area contributed by atoms with E-state index < -0.39 is 0 Å². The molecule has 1 aromatic heterocycles. The van der Waals surface area contributed by atoms with Crippen LogP contribution in [-0.2, 0) is 4.79 Å². The van der Waals surface area contributed by atoms with E-state index in [1.165, 1.54) is 11.8 Å². The molecule has 1 aliphatic heterocycles. The number of hydrogen-bond acceptors (Lipinski definition) is 6. The zero-order valence-corrected chi connectivity index (χ0v) is 18.8. The number of aryl methyl sites for hydroxylation is 1. The summed E-state index contributed by atoms with van der Waals surface area (Å²) < 4.78 is 12.9. The number of hydrogen-bond donors (Lipinski definition) is 0. The topological polar surface area (TPSA) is 69.5 Å². The van der Waals surface area contributed by atoms with Gasteiger partial charge in [0.2, 0.25) is 5.91 Å². The molecule has 1 fully saturated rings. The van der Waals surface area contributed by atoms with Crippen LogP contribution in [0.5, 0.6) is 11.5 Å². The molecule has 162 valence electrons. The predicted octanol–water partition coefficient (Wildman–Crippen LogP) is 4.05. The van der Waals surface area contributed by atoms with Crippen LogP contribution < -0.4 is 9.47 Å².